The van der Waals surface area contributed by atoms with E-state index in [1.165, 1.54) is 0 Å². The first kappa shape index (κ1) is 20.5. The summed E-state index contributed by atoms with van der Waals surface area (Å²) in [6.45, 7) is 3.51. The number of fused-ring (bicyclic) bond motifs is 1. The predicted octanol–water partition coefficient (Wildman–Crippen LogP) is 4.78. The lowest BCUT2D eigenvalue weighted by molar-refractivity contribution is -0.121. The minimum atomic E-state index is -0.339. The van der Waals surface area contributed by atoms with Crippen molar-refractivity contribution in [3.63, 3.8) is 0 Å². The molecule has 2 unspecified atom stereocenters. The highest BCUT2D eigenvalue weighted by Gasteiger charge is 2.27. The summed E-state index contributed by atoms with van der Waals surface area (Å²) in [6, 6.07) is 9.07. The highest BCUT2D eigenvalue weighted by molar-refractivity contribution is 6.35. The first-order valence-corrected chi connectivity index (χ1v) is 10.7. The molecule has 1 N–H and O–H groups in total. The van der Waals surface area contributed by atoms with Crippen LogP contribution < -0.4 is 5.62 Å². The highest BCUT2D eigenvalue weighted by atomic mass is 35.5. The van der Waals surface area contributed by atoms with Crippen LogP contribution in [0.1, 0.15) is 61.1 Å². The zero-order chi connectivity index (χ0) is 21.3. The number of aromatic amines is 1. The lowest BCUT2D eigenvalue weighted by Crippen LogP contribution is -2.27. The molecule has 7 heteroatoms. The number of halogens is 1. The zero-order valence-corrected chi connectivity index (χ0v) is 17.9. The lowest BCUT2D eigenvalue weighted by atomic mass is 9.94. The average molecular weight is 425 g/mol. The van der Waals surface area contributed by atoms with Crippen LogP contribution in [-0.2, 0) is 4.79 Å². The number of Topliss-reactive ketones (excluding diaryl/α,β-unsaturated/α-hetero) is 1. The number of rotatable bonds is 3. The number of hydrogen-bond donors (Lipinski definition) is 1. The van der Waals surface area contributed by atoms with Crippen molar-refractivity contribution in [3.05, 3.63) is 58.4 Å². The SMILES string of the molecule is CC(=O)C1CCCCC(n2/c(=N/C(=O)c3ccnc(C)c3)[nH]c3cccc(Cl)c32)C1. The Hall–Kier alpha value is -2.73. The minimum Gasteiger partial charge on any atom is -0.324 e. The van der Waals surface area contributed by atoms with E-state index < -0.39 is 0 Å². The molecular weight excluding hydrogens is 400 g/mol. The number of para-hydroxylation sites is 1. The van der Waals surface area contributed by atoms with Gasteiger partial charge < -0.3 is 9.55 Å². The van der Waals surface area contributed by atoms with E-state index in [2.05, 4.69) is 15.0 Å². The number of nitrogens with one attached hydrogen (secondary N) is 1. The third-order valence-electron chi connectivity index (χ3n) is 5.89. The van der Waals surface area contributed by atoms with E-state index in [0.29, 0.717) is 16.2 Å². The molecule has 4 rings (SSSR count). The van der Waals surface area contributed by atoms with Gasteiger partial charge in [-0.3, -0.25) is 14.6 Å². The second-order valence-corrected chi connectivity index (χ2v) is 8.45. The van der Waals surface area contributed by atoms with Crippen molar-refractivity contribution in [3.8, 4) is 0 Å². The molecule has 0 saturated heterocycles. The molecule has 0 aliphatic heterocycles. The molecule has 0 bridgehead atoms. The number of carbonyl (C=O) groups excluding carboxylic acids is 2. The van der Waals surface area contributed by atoms with Crippen molar-refractivity contribution in [2.24, 2.45) is 10.9 Å². The Morgan fingerprint density at radius 1 is 1.23 bits per heavy atom. The fourth-order valence-corrected chi connectivity index (χ4v) is 4.63. The summed E-state index contributed by atoms with van der Waals surface area (Å²) >= 11 is 6.57. The number of hydrogen-bond acceptors (Lipinski definition) is 3. The molecule has 30 heavy (non-hydrogen) atoms. The maximum absolute atomic E-state index is 12.9. The Labute approximate surface area is 180 Å². The summed E-state index contributed by atoms with van der Waals surface area (Å²) in [5.41, 5.74) is 3.36. The quantitative estimate of drug-likeness (QED) is 0.614. The van der Waals surface area contributed by atoms with Gasteiger partial charge in [-0.25, -0.2) is 0 Å². The third kappa shape index (κ3) is 4.10. The topological polar surface area (TPSA) is 80.1 Å². The second-order valence-electron chi connectivity index (χ2n) is 8.04. The van der Waals surface area contributed by atoms with Gasteiger partial charge in [0, 0.05) is 29.4 Å². The number of ketones is 1. The van der Waals surface area contributed by atoms with Crippen LogP contribution in [0.4, 0.5) is 0 Å². The molecule has 1 aliphatic rings. The van der Waals surface area contributed by atoms with Gasteiger partial charge in [-0.2, -0.15) is 4.99 Å². The Bertz CT molecular complexity index is 1180. The zero-order valence-electron chi connectivity index (χ0n) is 17.2. The van der Waals surface area contributed by atoms with Gasteiger partial charge in [0.05, 0.1) is 16.1 Å². The van der Waals surface area contributed by atoms with E-state index in [9.17, 15) is 9.59 Å². The molecule has 2 heterocycles. The van der Waals surface area contributed by atoms with Crippen LogP contribution in [0.3, 0.4) is 0 Å². The summed E-state index contributed by atoms with van der Waals surface area (Å²) in [6.07, 6.45) is 6.21. The van der Waals surface area contributed by atoms with Gasteiger partial charge in [-0.1, -0.05) is 30.5 Å². The molecule has 3 aromatic rings. The number of nitrogens with zero attached hydrogens (tertiary/aromatic N) is 3. The smallest absolute Gasteiger partial charge is 0.280 e. The Kier molecular flexibility index (Phi) is 5.86. The van der Waals surface area contributed by atoms with Crippen molar-refractivity contribution in [1.82, 2.24) is 14.5 Å². The van der Waals surface area contributed by atoms with Gasteiger partial charge in [0.15, 0.2) is 0 Å². The monoisotopic (exact) mass is 424 g/mol. The summed E-state index contributed by atoms with van der Waals surface area (Å²) in [7, 11) is 0. The van der Waals surface area contributed by atoms with Crippen molar-refractivity contribution >= 4 is 34.3 Å². The maximum atomic E-state index is 12.9. The summed E-state index contributed by atoms with van der Waals surface area (Å²) in [5.74, 6) is -0.104. The highest BCUT2D eigenvalue weighted by Crippen LogP contribution is 2.34. The number of carbonyl (C=O) groups is 2. The van der Waals surface area contributed by atoms with Crippen LogP contribution in [-0.4, -0.2) is 26.2 Å². The normalized spacial score (nSPS) is 20.3. The molecule has 1 saturated carbocycles. The molecule has 1 aromatic carbocycles. The Morgan fingerprint density at radius 3 is 2.80 bits per heavy atom. The van der Waals surface area contributed by atoms with Crippen LogP contribution in [0.2, 0.25) is 5.02 Å². The van der Waals surface area contributed by atoms with E-state index >= 15 is 0 Å². The summed E-state index contributed by atoms with van der Waals surface area (Å²) < 4.78 is 2.03. The molecular formula is C23H25ClN4O2. The number of benzene rings is 1. The predicted molar refractivity (Wildman–Crippen MR) is 116 cm³/mol. The van der Waals surface area contributed by atoms with E-state index in [1.54, 1.807) is 25.3 Å². The van der Waals surface area contributed by atoms with Crippen molar-refractivity contribution < 1.29 is 9.59 Å². The average Bonchev–Trinajstić information content (AvgIpc) is 2.90. The number of imidazole rings is 1. The second kappa shape index (κ2) is 8.56. The van der Waals surface area contributed by atoms with Crippen molar-refractivity contribution in [2.45, 2.75) is 52.0 Å². The molecule has 6 nitrogen and oxygen atoms in total. The molecule has 156 valence electrons. The van der Waals surface area contributed by atoms with Crippen LogP contribution >= 0.6 is 11.6 Å². The number of aryl methyl sites for hydroxylation is 1. The largest absolute Gasteiger partial charge is 0.324 e. The van der Waals surface area contributed by atoms with Crippen molar-refractivity contribution in [1.29, 1.82) is 0 Å². The minimum absolute atomic E-state index is 0.0174. The number of amides is 1. The number of H-pyrrole nitrogens is 1. The molecule has 2 aromatic heterocycles. The number of pyridine rings is 1. The van der Waals surface area contributed by atoms with Crippen LogP contribution in [0, 0.1) is 12.8 Å². The molecule has 1 fully saturated rings. The maximum Gasteiger partial charge on any atom is 0.280 e. The standard InChI is InChI=1S/C23H25ClN4O2/c1-14-12-17(10-11-25-14)22(30)27-23-26-20-9-5-8-19(24)21(20)28(23)18-7-4-3-6-16(13-18)15(2)29/h5,8-12,16,18H,3-4,6-7,13H2,1-2H3,(H,26,27,30). The van der Waals surface area contributed by atoms with E-state index in [0.717, 1.165) is 48.8 Å². The molecule has 1 aliphatic carbocycles. The van der Waals surface area contributed by atoms with Gasteiger partial charge in [0.1, 0.15) is 5.78 Å². The molecule has 0 radical (unpaired) electrons. The molecule has 1 amide bonds. The summed E-state index contributed by atoms with van der Waals surface area (Å²) in [5, 5.41) is 0.598. The molecule has 2 atom stereocenters. The van der Waals surface area contributed by atoms with E-state index in [4.69, 9.17) is 11.6 Å². The van der Waals surface area contributed by atoms with Gasteiger partial charge >= 0.3 is 0 Å². The van der Waals surface area contributed by atoms with Crippen LogP contribution in [0.25, 0.3) is 11.0 Å². The Balaban J connectivity index is 1.87. The first-order valence-electron chi connectivity index (χ1n) is 10.3. The van der Waals surface area contributed by atoms with Gasteiger partial charge in [-0.05, 0) is 57.4 Å². The fraction of sp³-hybridized carbons (Fsp3) is 0.391. The summed E-state index contributed by atoms with van der Waals surface area (Å²) in [4.78, 5) is 36.9. The van der Waals surface area contributed by atoms with Gasteiger partial charge in [-0.15, -0.1) is 0 Å². The molecule has 0 spiro atoms. The van der Waals surface area contributed by atoms with Crippen molar-refractivity contribution in [2.75, 3.05) is 0 Å². The van der Waals surface area contributed by atoms with Gasteiger partial charge in [0.25, 0.3) is 5.91 Å². The van der Waals surface area contributed by atoms with Crippen LogP contribution in [0.5, 0.6) is 0 Å². The third-order valence-corrected chi connectivity index (χ3v) is 6.19. The van der Waals surface area contributed by atoms with E-state index in [-0.39, 0.29) is 23.7 Å². The first-order chi connectivity index (χ1) is 14.4. The van der Waals surface area contributed by atoms with Crippen LogP contribution in [0.15, 0.2) is 41.5 Å². The van der Waals surface area contributed by atoms with Gasteiger partial charge in [0.2, 0.25) is 5.62 Å². The lowest BCUT2D eigenvalue weighted by Gasteiger charge is -2.21. The fourth-order valence-electron chi connectivity index (χ4n) is 4.36. The Morgan fingerprint density at radius 2 is 2.03 bits per heavy atom. The number of aromatic nitrogens is 3. The van der Waals surface area contributed by atoms with E-state index in [1.807, 2.05) is 29.7 Å².